The lowest BCUT2D eigenvalue weighted by molar-refractivity contribution is 0.111. The Kier molecular flexibility index (Phi) is 5.43. The second-order valence-corrected chi connectivity index (χ2v) is 3.20. The molecule has 0 spiro atoms. The van der Waals surface area contributed by atoms with Crippen LogP contribution in [0, 0.1) is 6.92 Å². The molecule has 2 aromatic heterocycles. The first-order valence-corrected chi connectivity index (χ1v) is 4.51. The van der Waals surface area contributed by atoms with Crippen LogP contribution in [-0.4, -0.2) is 31.5 Å². The molecule has 0 aliphatic heterocycles. The van der Waals surface area contributed by atoms with Crippen molar-refractivity contribution in [1.82, 2.24) is 19.7 Å². The maximum Gasteiger partial charge on any atom is 0.200 e. The summed E-state index contributed by atoms with van der Waals surface area (Å²) in [7, 11) is 1.68. The van der Waals surface area contributed by atoms with Gasteiger partial charge in [-0.15, -0.1) is 17.5 Å². The standard InChI is InChI=1S/C10H10N4O.ClH.H2O/c1-7-4-3-5-8(11-7)10-12-9(6-15)14(2)13-10;;/h3-6H,1-2H3;1H;1H2. The number of pyridine rings is 1. The predicted octanol–water partition coefficient (Wildman–Crippen LogP) is 0.595. The van der Waals surface area contributed by atoms with E-state index in [1.54, 1.807) is 7.05 Å². The molecule has 2 aromatic rings. The predicted molar refractivity (Wildman–Crippen MR) is 65.2 cm³/mol. The molecule has 0 aliphatic rings. The molecule has 0 bridgehead atoms. The highest BCUT2D eigenvalue weighted by Crippen LogP contribution is 2.12. The first kappa shape index (κ1) is 15.2. The summed E-state index contributed by atoms with van der Waals surface area (Å²) in [5.74, 6) is 0.775. The quantitative estimate of drug-likeness (QED) is 0.736. The fourth-order valence-electron chi connectivity index (χ4n) is 1.28. The van der Waals surface area contributed by atoms with Crippen LogP contribution < -0.4 is 0 Å². The van der Waals surface area contributed by atoms with Crippen molar-refractivity contribution in [2.24, 2.45) is 7.05 Å². The number of hydrogen-bond donors (Lipinski definition) is 0. The van der Waals surface area contributed by atoms with Crippen LogP contribution in [0.3, 0.4) is 0 Å². The van der Waals surface area contributed by atoms with Gasteiger partial charge in [-0.05, 0) is 19.1 Å². The summed E-state index contributed by atoms with van der Waals surface area (Å²) in [5.41, 5.74) is 1.58. The molecule has 2 rings (SSSR count). The zero-order valence-electron chi connectivity index (χ0n) is 9.41. The molecule has 0 radical (unpaired) electrons. The zero-order chi connectivity index (χ0) is 10.8. The van der Waals surface area contributed by atoms with Crippen molar-refractivity contribution in [3.05, 3.63) is 29.7 Å². The molecular formula is C10H13ClN4O2. The molecule has 7 heteroatoms. The lowest BCUT2D eigenvalue weighted by Crippen LogP contribution is -1.96. The van der Waals surface area contributed by atoms with E-state index in [1.807, 2.05) is 25.1 Å². The van der Waals surface area contributed by atoms with E-state index in [-0.39, 0.29) is 17.9 Å². The fraction of sp³-hybridized carbons (Fsp3) is 0.200. The molecule has 2 heterocycles. The third-order valence-corrected chi connectivity index (χ3v) is 2.02. The van der Waals surface area contributed by atoms with Crippen LogP contribution in [0.2, 0.25) is 0 Å². The third-order valence-electron chi connectivity index (χ3n) is 2.02. The summed E-state index contributed by atoms with van der Waals surface area (Å²) >= 11 is 0. The Bertz CT molecular complexity index is 513. The molecule has 0 atom stereocenters. The SMILES string of the molecule is Cc1cccc(-c2nc(C=O)n(C)n2)n1.Cl.O. The second-order valence-electron chi connectivity index (χ2n) is 3.20. The monoisotopic (exact) mass is 256 g/mol. The molecule has 6 nitrogen and oxygen atoms in total. The molecule has 0 saturated carbocycles. The van der Waals surface area contributed by atoms with Crippen molar-refractivity contribution in [3.8, 4) is 11.5 Å². The van der Waals surface area contributed by atoms with Gasteiger partial charge in [0.25, 0.3) is 0 Å². The maximum absolute atomic E-state index is 10.6. The Morgan fingerprint density at radius 1 is 1.29 bits per heavy atom. The molecule has 0 saturated heterocycles. The Morgan fingerprint density at radius 2 is 2.00 bits per heavy atom. The lowest BCUT2D eigenvalue weighted by Gasteiger charge is -1.94. The van der Waals surface area contributed by atoms with Gasteiger partial charge in [0, 0.05) is 12.7 Å². The second kappa shape index (κ2) is 6.07. The average Bonchev–Trinajstić information content (AvgIpc) is 2.60. The van der Waals surface area contributed by atoms with Gasteiger partial charge in [0.1, 0.15) is 5.69 Å². The van der Waals surface area contributed by atoms with Crippen molar-refractivity contribution >= 4 is 18.7 Å². The largest absolute Gasteiger partial charge is 0.412 e. The fourth-order valence-corrected chi connectivity index (χ4v) is 1.28. The van der Waals surface area contributed by atoms with Crippen LogP contribution in [0.1, 0.15) is 16.3 Å². The number of halogens is 1. The molecule has 0 aliphatic carbocycles. The van der Waals surface area contributed by atoms with Gasteiger partial charge in [-0.3, -0.25) is 4.79 Å². The molecule has 92 valence electrons. The summed E-state index contributed by atoms with van der Waals surface area (Å²) in [6.07, 6.45) is 0.673. The molecule has 0 aromatic carbocycles. The summed E-state index contributed by atoms with van der Waals surface area (Å²) in [5, 5.41) is 4.10. The molecule has 2 N–H and O–H groups in total. The number of aromatic nitrogens is 4. The van der Waals surface area contributed by atoms with E-state index in [0.717, 1.165) is 5.69 Å². The average molecular weight is 257 g/mol. The van der Waals surface area contributed by atoms with E-state index >= 15 is 0 Å². The normalized spacial score (nSPS) is 9.06. The van der Waals surface area contributed by atoms with E-state index in [2.05, 4.69) is 15.1 Å². The van der Waals surface area contributed by atoms with E-state index in [0.29, 0.717) is 23.6 Å². The number of carbonyl (C=O) groups excluding carboxylic acids is 1. The Hall–Kier alpha value is -1.79. The molecule has 17 heavy (non-hydrogen) atoms. The first-order valence-electron chi connectivity index (χ1n) is 4.51. The Labute approximate surface area is 104 Å². The minimum Gasteiger partial charge on any atom is -0.412 e. The zero-order valence-corrected chi connectivity index (χ0v) is 10.2. The topological polar surface area (TPSA) is 92.2 Å². The first-order chi connectivity index (χ1) is 7.20. The summed E-state index contributed by atoms with van der Waals surface area (Å²) < 4.78 is 1.44. The van der Waals surface area contributed by atoms with Gasteiger partial charge in [0.2, 0.25) is 0 Å². The summed E-state index contributed by atoms with van der Waals surface area (Å²) in [4.78, 5) is 18.9. The van der Waals surface area contributed by atoms with Crippen molar-refractivity contribution < 1.29 is 10.3 Å². The number of nitrogens with zero attached hydrogens (tertiary/aromatic N) is 4. The van der Waals surface area contributed by atoms with Crippen molar-refractivity contribution in [3.63, 3.8) is 0 Å². The van der Waals surface area contributed by atoms with Gasteiger partial charge >= 0.3 is 0 Å². The molecule has 0 fully saturated rings. The lowest BCUT2D eigenvalue weighted by atomic mass is 10.3. The number of aryl methyl sites for hydroxylation is 2. The highest BCUT2D eigenvalue weighted by Gasteiger charge is 2.09. The summed E-state index contributed by atoms with van der Waals surface area (Å²) in [6.45, 7) is 1.90. The van der Waals surface area contributed by atoms with Crippen LogP contribution in [-0.2, 0) is 7.05 Å². The highest BCUT2D eigenvalue weighted by molar-refractivity contribution is 5.85. The molecule has 0 unspecified atom stereocenters. The summed E-state index contributed by atoms with van der Waals surface area (Å²) in [6, 6.07) is 5.60. The number of aldehydes is 1. The van der Waals surface area contributed by atoms with Gasteiger partial charge in [-0.1, -0.05) is 6.07 Å². The smallest absolute Gasteiger partial charge is 0.200 e. The van der Waals surface area contributed by atoms with Crippen LogP contribution in [0.5, 0.6) is 0 Å². The minimum atomic E-state index is 0. The minimum absolute atomic E-state index is 0. The molecule has 0 amide bonds. The number of hydrogen-bond acceptors (Lipinski definition) is 4. The van der Waals surface area contributed by atoms with Crippen molar-refractivity contribution in [2.75, 3.05) is 0 Å². The van der Waals surface area contributed by atoms with E-state index in [1.165, 1.54) is 4.68 Å². The van der Waals surface area contributed by atoms with Crippen molar-refractivity contribution in [2.45, 2.75) is 6.92 Å². The number of rotatable bonds is 2. The van der Waals surface area contributed by atoms with Crippen LogP contribution in [0.4, 0.5) is 0 Å². The van der Waals surface area contributed by atoms with Gasteiger partial charge in [0.15, 0.2) is 17.9 Å². The van der Waals surface area contributed by atoms with E-state index in [4.69, 9.17) is 0 Å². The maximum atomic E-state index is 10.6. The van der Waals surface area contributed by atoms with E-state index < -0.39 is 0 Å². The van der Waals surface area contributed by atoms with Gasteiger partial charge in [-0.2, -0.15) is 0 Å². The van der Waals surface area contributed by atoms with Crippen LogP contribution in [0.25, 0.3) is 11.5 Å². The van der Waals surface area contributed by atoms with Crippen LogP contribution >= 0.6 is 12.4 Å². The van der Waals surface area contributed by atoms with Gasteiger partial charge in [0.05, 0.1) is 0 Å². The third kappa shape index (κ3) is 3.08. The number of carbonyl (C=O) groups is 1. The molecular weight excluding hydrogens is 244 g/mol. The van der Waals surface area contributed by atoms with Gasteiger partial charge in [-0.25, -0.2) is 14.6 Å². The Balaban J connectivity index is 0.00000128. The van der Waals surface area contributed by atoms with Crippen LogP contribution in [0.15, 0.2) is 18.2 Å². The Morgan fingerprint density at radius 3 is 2.53 bits per heavy atom. The van der Waals surface area contributed by atoms with Crippen molar-refractivity contribution in [1.29, 1.82) is 0 Å². The van der Waals surface area contributed by atoms with Gasteiger partial charge < -0.3 is 5.48 Å². The highest BCUT2D eigenvalue weighted by atomic mass is 35.5. The van der Waals surface area contributed by atoms with E-state index in [9.17, 15) is 4.79 Å².